The van der Waals surface area contributed by atoms with Crippen LogP contribution < -0.4 is 5.32 Å². The lowest BCUT2D eigenvalue weighted by atomic mass is 10.1. The normalized spacial score (nSPS) is 16.5. The van der Waals surface area contributed by atoms with Crippen molar-refractivity contribution in [1.29, 1.82) is 0 Å². The van der Waals surface area contributed by atoms with Gasteiger partial charge in [-0.1, -0.05) is 13.3 Å². The second-order valence-electron chi connectivity index (χ2n) is 5.99. The molecular formula is C18H25NS2. The van der Waals surface area contributed by atoms with Crippen LogP contribution in [0.2, 0.25) is 0 Å². The molecule has 0 aromatic carbocycles. The van der Waals surface area contributed by atoms with Crippen molar-refractivity contribution in [3.8, 4) is 0 Å². The Morgan fingerprint density at radius 2 is 1.95 bits per heavy atom. The number of hydrogen-bond acceptors (Lipinski definition) is 3. The van der Waals surface area contributed by atoms with Crippen molar-refractivity contribution in [2.45, 2.75) is 58.4 Å². The van der Waals surface area contributed by atoms with Crippen molar-refractivity contribution in [2.24, 2.45) is 0 Å². The van der Waals surface area contributed by atoms with E-state index >= 15 is 0 Å². The largest absolute Gasteiger partial charge is 0.305 e. The molecule has 0 spiro atoms. The fourth-order valence-electron chi connectivity index (χ4n) is 3.07. The van der Waals surface area contributed by atoms with E-state index in [1.165, 1.54) is 53.2 Å². The van der Waals surface area contributed by atoms with Crippen molar-refractivity contribution in [3.05, 3.63) is 43.3 Å². The minimum Gasteiger partial charge on any atom is -0.305 e. The predicted molar refractivity (Wildman–Crippen MR) is 94.8 cm³/mol. The Kier molecular flexibility index (Phi) is 5.15. The first-order chi connectivity index (χ1) is 10.3. The van der Waals surface area contributed by atoms with Gasteiger partial charge in [-0.05, 0) is 69.3 Å². The van der Waals surface area contributed by atoms with Crippen molar-refractivity contribution < 1.29 is 0 Å². The number of fused-ring (bicyclic) bond motifs is 1. The molecule has 0 aliphatic heterocycles. The second-order valence-corrected chi connectivity index (χ2v) is 8.48. The van der Waals surface area contributed by atoms with Gasteiger partial charge in [0, 0.05) is 19.5 Å². The average molecular weight is 320 g/mol. The van der Waals surface area contributed by atoms with Crippen molar-refractivity contribution >= 4 is 22.7 Å². The summed E-state index contributed by atoms with van der Waals surface area (Å²) in [6.45, 7) is 5.53. The lowest BCUT2D eigenvalue weighted by Crippen LogP contribution is -2.21. The molecule has 0 amide bonds. The molecule has 1 N–H and O–H groups in total. The predicted octanol–water partition coefficient (Wildman–Crippen LogP) is 5.48. The van der Waals surface area contributed by atoms with E-state index in [2.05, 4.69) is 48.7 Å². The van der Waals surface area contributed by atoms with Crippen molar-refractivity contribution in [3.63, 3.8) is 0 Å². The fraction of sp³-hybridized carbons (Fsp3) is 0.556. The van der Waals surface area contributed by atoms with Crippen LogP contribution in [-0.2, 0) is 12.8 Å². The molecule has 0 fully saturated rings. The molecule has 0 saturated heterocycles. The summed E-state index contributed by atoms with van der Waals surface area (Å²) in [4.78, 5) is 6.06. The first-order valence-corrected chi connectivity index (χ1v) is 9.82. The molecule has 1 nitrogen and oxygen atoms in total. The highest BCUT2D eigenvalue weighted by Gasteiger charge is 2.20. The molecule has 2 aromatic rings. The van der Waals surface area contributed by atoms with E-state index in [1.807, 2.05) is 11.3 Å². The lowest BCUT2D eigenvalue weighted by molar-refractivity contribution is 0.612. The molecule has 0 bridgehead atoms. The Morgan fingerprint density at radius 1 is 1.10 bits per heavy atom. The van der Waals surface area contributed by atoms with Crippen LogP contribution in [0.15, 0.2) is 18.2 Å². The standard InChI is InChI=1S/C18H25NS2/c1-3-11-19-18(16-10-9-13(2)20-16)17-12-14-7-5-4-6-8-15(14)21-17/h9-10,12,18-19H,3-8,11H2,1-2H3. The topological polar surface area (TPSA) is 12.0 Å². The quantitative estimate of drug-likeness (QED) is 0.720. The third-order valence-corrected chi connectivity index (χ3v) is 6.56. The van der Waals surface area contributed by atoms with Gasteiger partial charge in [-0.15, -0.1) is 22.7 Å². The van der Waals surface area contributed by atoms with E-state index < -0.39 is 0 Å². The number of nitrogens with one attached hydrogen (secondary N) is 1. The third kappa shape index (κ3) is 3.58. The van der Waals surface area contributed by atoms with E-state index in [-0.39, 0.29) is 0 Å². The number of rotatable bonds is 5. The van der Waals surface area contributed by atoms with Gasteiger partial charge >= 0.3 is 0 Å². The van der Waals surface area contributed by atoms with Crippen LogP contribution in [0.3, 0.4) is 0 Å². The first-order valence-electron chi connectivity index (χ1n) is 8.19. The number of aryl methyl sites for hydroxylation is 3. The molecule has 114 valence electrons. The maximum absolute atomic E-state index is 3.76. The zero-order valence-electron chi connectivity index (χ0n) is 13.1. The van der Waals surface area contributed by atoms with Gasteiger partial charge in [-0.3, -0.25) is 0 Å². The summed E-state index contributed by atoms with van der Waals surface area (Å²) in [6.07, 6.45) is 7.91. The summed E-state index contributed by atoms with van der Waals surface area (Å²) >= 11 is 3.99. The molecular weight excluding hydrogens is 294 g/mol. The van der Waals surface area contributed by atoms with Gasteiger partial charge in [0.05, 0.1) is 6.04 Å². The van der Waals surface area contributed by atoms with E-state index in [9.17, 15) is 0 Å². The van der Waals surface area contributed by atoms with Gasteiger partial charge in [0.2, 0.25) is 0 Å². The minimum absolute atomic E-state index is 0.403. The number of hydrogen-bond donors (Lipinski definition) is 1. The summed E-state index contributed by atoms with van der Waals surface area (Å²) in [5.41, 5.74) is 1.63. The molecule has 1 aliphatic carbocycles. The summed E-state index contributed by atoms with van der Waals surface area (Å²) in [5.74, 6) is 0. The Balaban J connectivity index is 1.89. The molecule has 0 radical (unpaired) electrons. The lowest BCUT2D eigenvalue weighted by Gasteiger charge is -2.15. The Labute approximate surface area is 136 Å². The van der Waals surface area contributed by atoms with E-state index in [1.54, 1.807) is 10.4 Å². The Hall–Kier alpha value is -0.640. The van der Waals surface area contributed by atoms with Crippen LogP contribution in [0, 0.1) is 6.92 Å². The van der Waals surface area contributed by atoms with Crippen LogP contribution >= 0.6 is 22.7 Å². The van der Waals surface area contributed by atoms with Crippen LogP contribution in [-0.4, -0.2) is 6.54 Å². The van der Waals surface area contributed by atoms with Gasteiger partial charge in [0.1, 0.15) is 0 Å². The van der Waals surface area contributed by atoms with E-state index in [0.29, 0.717) is 6.04 Å². The summed E-state index contributed by atoms with van der Waals surface area (Å²) < 4.78 is 0. The Morgan fingerprint density at radius 3 is 2.71 bits per heavy atom. The van der Waals surface area contributed by atoms with E-state index in [4.69, 9.17) is 0 Å². The molecule has 1 atom stereocenters. The van der Waals surface area contributed by atoms with Crippen molar-refractivity contribution in [1.82, 2.24) is 5.32 Å². The van der Waals surface area contributed by atoms with Gasteiger partial charge in [-0.2, -0.15) is 0 Å². The maximum atomic E-state index is 3.76. The molecule has 1 unspecified atom stereocenters. The van der Waals surface area contributed by atoms with Crippen molar-refractivity contribution in [2.75, 3.05) is 6.54 Å². The molecule has 0 saturated carbocycles. The van der Waals surface area contributed by atoms with Gasteiger partial charge in [-0.25, -0.2) is 0 Å². The summed E-state index contributed by atoms with van der Waals surface area (Å²) in [6, 6.07) is 7.45. The summed E-state index contributed by atoms with van der Waals surface area (Å²) in [5, 5.41) is 3.76. The monoisotopic (exact) mass is 319 g/mol. The zero-order chi connectivity index (χ0) is 14.7. The van der Waals surface area contributed by atoms with Crippen LogP contribution in [0.4, 0.5) is 0 Å². The third-order valence-electron chi connectivity index (χ3n) is 4.19. The Bertz CT molecular complexity index is 558. The maximum Gasteiger partial charge on any atom is 0.0765 e. The van der Waals surface area contributed by atoms with E-state index in [0.717, 1.165) is 6.54 Å². The SMILES string of the molecule is CCCNC(c1ccc(C)s1)c1cc2c(s1)CCCCC2. The molecule has 3 heteroatoms. The highest BCUT2D eigenvalue weighted by atomic mass is 32.1. The van der Waals surface area contributed by atoms with Crippen LogP contribution in [0.1, 0.15) is 63.7 Å². The highest BCUT2D eigenvalue weighted by Crippen LogP contribution is 2.36. The summed E-state index contributed by atoms with van der Waals surface area (Å²) in [7, 11) is 0. The smallest absolute Gasteiger partial charge is 0.0765 e. The second kappa shape index (κ2) is 7.08. The molecule has 2 heterocycles. The van der Waals surface area contributed by atoms with Gasteiger partial charge < -0.3 is 5.32 Å². The molecule has 21 heavy (non-hydrogen) atoms. The fourth-order valence-corrected chi connectivity index (χ4v) is 5.47. The highest BCUT2D eigenvalue weighted by molar-refractivity contribution is 7.13. The molecule has 2 aromatic heterocycles. The molecule has 1 aliphatic rings. The van der Waals surface area contributed by atoms with Crippen LogP contribution in [0.25, 0.3) is 0 Å². The first kappa shape index (κ1) is 15.3. The zero-order valence-corrected chi connectivity index (χ0v) is 14.7. The van der Waals surface area contributed by atoms with Gasteiger partial charge in [0.15, 0.2) is 0 Å². The van der Waals surface area contributed by atoms with Gasteiger partial charge in [0.25, 0.3) is 0 Å². The minimum atomic E-state index is 0.403. The number of thiophene rings is 2. The van der Waals surface area contributed by atoms with Crippen LogP contribution in [0.5, 0.6) is 0 Å². The average Bonchev–Trinajstić information content (AvgIpc) is 3.01. The molecule has 3 rings (SSSR count).